The minimum absolute atomic E-state index is 0.0545. The Bertz CT molecular complexity index is 1020. The summed E-state index contributed by atoms with van der Waals surface area (Å²) in [7, 11) is 4.03. The van der Waals surface area contributed by atoms with Gasteiger partial charge in [-0.15, -0.1) is 0 Å². The molecule has 0 unspecified atom stereocenters. The van der Waals surface area contributed by atoms with Gasteiger partial charge in [0.1, 0.15) is 23.0 Å². The van der Waals surface area contributed by atoms with Crippen LogP contribution in [0.1, 0.15) is 30.4 Å². The summed E-state index contributed by atoms with van der Waals surface area (Å²) >= 11 is 0. The fourth-order valence-electron chi connectivity index (χ4n) is 4.94. The normalized spacial score (nSPS) is 15.2. The Morgan fingerprint density at radius 3 is 1.86 bits per heavy atom. The second-order valence-electron chi connectivity index (χ2n) is 9.49. The highest BCUT2D eigenvalue weighted by Gasteiger charge is 2.41. The van der Waals surface area contributed by atoms with Crippen LogP contribution >= 0.6 is 0 Å². The van der Waals surface area contributed by atoms with Gasteiger partial charge in [0, 0.05) is 26.3 Å². The van der Waals surface area contributed by atoms with E-state index in [9.17, 15) is 13.9 Å². The molecule has 1 saturated heterocycles. The molecule has 1 aliphatic heterocycles. The van der Waals surface area contributed by atoms with Crippen LogP contribution in [0.5, 0.6) is 5.75 Å². The third-order valence-corrected chi connectivity index (χ3v) is 6.99. The highest BCUT2D eigenvalue weighted by molar-refractivity contribution is 5.47. The van der Waals surface area contributed by atoms with E-state index < -0.39 is 5.60 Å². The minimum Gasteiger partial charge on any atom is -0.494 e. The van der Waals surface area contributed by atoms with Crippen molar-refractivity contribution in [1.82, 2.24) is 4.90 Å². The van der Waals surface area contributed by atoms with Crippen LogP contribution in [-0.4, -0.2) is 50.3 Å². The quantitative estimate of drug-likeness (QED) is 0.413. The molecule has 0 atom stereocenters. The molecule has 4 nitrogen and oxygen atoms in total. The summed E-state index contributed by atoms with van der Waals surface area (Å²) in [5, 5.41) is 12.0. The number of likely N-dealkylation sites (tertiary alicyclic amines) is 1. The molecule has 3 aromatic rings. The van der Waals surface area contributed by atoms with Gasteiger partial charge in [0.25, 0.3) is 0 Å². The van der Waals surface area contributed by atoms with E-state index in [1.54, 1.807) is 24.3 Å². The maximum Gasteiger partial charge on any atom is 0.123 e. The second-order valence-corrected chi connectivity index (χ2v) is 9.49. The molecule has 6 heteroatoms. The van der Waals surface area contributed by atoms with Gasteiger partial charge in [-0.3, -0.25) is 0 Å². The molecule has 0 aromatic heterocycles. The summed E-state index contributed by atoms with van der Waals surface area (Å²) in [6.07, 6.45) is 2.50. The van der Waals surface area contributed by atoms with Crippen LogP contribution < -0.4 is 9.64 Å². The van der Waals surface area contributed by atoms with Crippen LogP contribution in [0.25, 0.3) is 0 Å². The Kier molecular flexibility index (Phi) is 8.04. The summed E-state index contributed by atoms with van der Waals surface area (Å²) < 4.78 is 33.1. The number of hydrogen-bond donors (Lipinski definition) is 1. The predicted octanol–water partition coefficient (Wildman–Crippen LogP) is 5.45. The van der Waals surface area contributed by atoms with E-state index in [0.29, 0.717) is 17.7 Å². The third kappa shape index (κ3) is 6.00. The fourth-order valence-corrected chi connectivity index (χ4v) is 4.94. The molecule has 1 N–H and O–H groups in total. The van der Waals surface area contributed by atoms with E-state index in [4.69, 9.17) is 4.74 Å². The molecule has 1 heterocycles. The van der Waals surface area contributed by atoms with E-state index in [-0.39, 0.29) is 17.6 Å². The molecule has 4 rings (SSSR count). The van der Waals surface area contributed by atoms with Gasteiger partial charge in [-0.1, -0.05) is 24.3 Å². The third-order valence-electron chi connectivity index (χ3n) is 6.99. The van der Waals surface area contributed by atoms with Crippen molar-refractivity contribution in [2.45, 2.75) is 24.9 Å². The maximum absolute atomic E-state index is 13.6. The van der Waals surface area contributed by atoms with Gasteiger partial charge in [0.05, 0.1) is 6.61 Å². The summed E-state index contributed by atoms with van der Waals surface area (Å²) in [4.78, 5) is 4.45. The van der Waals surface area contributed by atoms with Gasteiger partial charge in [0.15, 0.2) is 0 Å². The lowest BCUT2D eigenvalue weighted by atomic mass is 9.72. The lowest BCUT2D eigenvalue weighted by molar-refractivity contribution is -0.0146. The number of benzene rings is 3. The van der Waals surface area contributed by atoms with Crippen molar-refractivity contribution in [2.24, 2.45) is 5.92 Å². The van der Waals surface area contributed by atoms with E-state index in [1.807, 2.05) is 38.4 Å². The smallest absolute Gasteiger partial charge is 0.123 e. The minimum atomic E-state index is -1.30. The van der Waals surface area contributed by atoms with Crippen LogP contribution in [0, 0.1) is 17.6 Å². The maximum atomic E-state index is 13.6. The van der Waals surface area contributed by atoms with Crippen LogP contribution in [-0.2, 0) is 5.60 Å². The summed E-state index contributed by atoms with van der Waals surface area (Å²) in [5.74, 6) is 0.126. The average molecular weight is 481 g/mol. The number of hydrogen-bond acceptors (Lipinski definition) is 4. The van der Waals surface area contributed by atoms with E-state index in [0.717, 1.165) is 50.3 Å². The zero-order valence-corrected chi connectivity index (χ0v) is 20.5. The Morgan fingerprint density at radius 2 is 1.37 bits per heavy atom. The Labute approximate surface area is 206 Å². The lowest BCUT2D eigenvalue weighted by Crippen LogP contribution is -2.44. The molecular formula is C29H34F2N2O2. The molecule has 0 bridgehead atoms. The van der Waals surface area contributed by atoms with Crippen LogP contribution in [0.15, 0.2) is 72.8 Å². The van der Waals surface area contributed by atoms with E-state index in [1.165, 1.54) is 24.3 Å². The van der Waals surface area contributed by atoms with Gasteiger partial charge in [0.2, 0.25) is 0 Å². The average Bonchev–Trinajstić information content (AvgIpc) is 2.87. The van der Waals surface area contributed by atoms with E-state index in [2.05, 4.69) is 9.80 Å². The standard InChI is InChI=1S/C29H34F2N2O2/c1-32(2)27-12-14-28(15-13-27)35-21-3-18-33-19-16-24(17-20-33)29(34,22-4-8-25(30)9-5-22)23-6-10-26(31)11-7-23/h4-15,24,34H,3,16-21H2,1-2H3. The topological polar surface area (TPSA) is 35.9 Å². The van der Waals surface area contributed by atoms with Crippen LogP contribution in [0.2, 0.25) is 0 Å². The molecule has 35 heavy (non-hydrogen) atoms. The molecular weight excluding hydrogens is 446 g/mol. The number of nitrogens with zero attached hydrogens (tertiary/aromatic N) is 2. The number of aliphatic hydroxyl groups is 1. The SMILES string of the molecule is CN(C)c1ccc(OCCCN2CCC(C(O)(c3ccc(F)cc3)c3ccc(F)cc3)CC2)cc1. The first-order valence-electron chi connectivity index (χ1n) is 12.2. The first-order valence-corrected chi connectivity index (χ1v) is 12.2. The molecule has 0 radical (unpaired) electrons. The van der Waals surface area contributed by atoms with Crippen molar-refractivity contribution in [3.63, 3.8) is 0 Å². The summed E-state index contributed by atoms with van der Waals surface area (Å²) in [5.41, 5.74) is 1.12. The largest absolute Gasteiger partial charge is 0.494 e. The molecule has 186 valence electrons. The van der Waals surface area contributed by atoms with Crippen molar-refractivity contribution in [3.05, 3.63) is 95.6 Å². The highest BCUT2D eigenvalue weighted by atomic mass is 19.1. The number of piperidine rings is 1. The Hall–Kier alpha value is -2.96. The van der Waals surface area contributed by atoms with Crippen molar-refractivity contribution in [3.8, 4) is 5.75 Å². The Balaban J connectivity index is 1.33. The van der Waals surface area contributed by atoms with Gasteiger partial charge < -0.3 is 19.6 Å². The van der Waals surface area contributed by atoms with Gasteiger partial charge in [-0.05, 0) is 97.9 Å². The van der Waals surface area contributed by atoms with Gasteiger partial charge in [-0.2, -0.15) is 0 Å². The molecule has 0 spiro atoms. The van der Waals surface area contributed by atoms with Crippen LogP contribution in [0.4, 0.5) is 14.5 Å². The summed E-state index contributed by atoms with van der Waals surface area (Å²) in [6, 6.07) is 20.1. The molecule has 1 fully saturated rings. The zero-order valence-electron chi connectivity index (χ0n) is 20.5. The van der Waals surface area contributed by atoms with Gasteiger partial charge in [-0.25, -0.2) is 8.78 Å². The first-order chi connectivity index (χ1) is 16.9. The summed E-state index contributed by atoms with van der Waals surface area (Å²) in [6.45, 7) is 3.28. The molecule has 1 aliphatic rings. The van der Waals surface area contributed by atoms with Gasteiger partial charge >= 0.3 is 0 Å². The monoisotopic (exact) mass is 480 g/mol. The molecule has 0 amide bonds. The van der Waals surface area contributed by atoms with Crippen molar-refractivity contribution in [1.29, 1.82) is 0 Å². The van der Waals surface area contributed by atoms with Crippen molar-refractivity contribution >= 4 is 5.69 Å². The molecule has 0 saturated carbocycles. The fraction of sp³-hybridized carbons (Fsp3) is 0.379. The van der Waals surface area contributed by atoms with E-state index >= 15 is 0 Å². The second kappa shape index (κ2) is 11.2. The number of anilines is 1. The van der Waals surface area contributed by atoms with Crippen molar-refractivity contribution in [2.75, 3.05) is 45.2 Å². The number of rotatable bonds is 9. The lowest BCUT2D eigenvalue weighted by Gasteiger charge is -2.42. The van der Waals surface area contributed by atoms with Crippen LogP contribution in [0.3, 0.4) is 0 Å². The molecule has 0 aliphatic carbocycles. The predicted molar refractivity (Wildman–Crippen MR) is 136 cm³/mol. The Morgan fingerprint density at radius 1 is 0.857 bits per heavy atom. The number of halogens is 2. The zero-order chi connectivity index (χ0) is 24.8. The van der Waals surface area contributed by atoms with Crippen molar-refractivity contribution < 1.29 is 18.6 Å². The molecule has 3 aromatic carbocycles. The highest BCUT2D eigenvalue weighted by Crippen LogP contribution is 2.42. The first kappa shape index (κ1) is 25.1. The number of ether oxygens (including phenoxy) is 1.